The molecule has 0 radical (unpaired) electrons. The largest absolute Gasteiger partial charge is 0.377 e. The van der Waals surface area contributed by atoms with Crippen LogP contribution >= 0.6 is 15.9 Å². The number of halogens is 1. The summed E-state index contributed by atoms with van der Waals surface area (Å²) in [4.78, 5) is 4.14. The van der Waals surface area contributed by atoms with Gasteiger partial charge in [0.05, 0.1) is 6.10 Å². The van der Waals surface area contributed by atoms with Gasteiger partial charge in [0.2, 0.25) is 0 Å². The number of aromatic nitrogens is 1. The Bertz CT molecular complexity index is 340. The van der Waals surface area contributed by atoms with Crippen molar-refractivity contribution in [3.05, 3.63) is 28.5 Å². The highest BCUT2D eigenvalue weighted by Gasteiger charge is 2.21. The third-order valence-electron chi connectivity index (χ3n) is 2.91. The molecule has 0 bridgehead atoms. The average molecular weight is 285 g/mol. The first-order chi connectivity index (χ1) is 7.75. The van der Waals surface area contributed by atoms with Crippen molar-refractivity contribution < 1.29 is 4.74 Å². The predicted molar refractivity (Wildman–Crippen MR) is 67.2 cm³/mol. The molecule has 0 amide bonds. The summed E-state index contributed by atoms with van der Waals surface area (Å²) in [6, 6.07) is 2.49. The molecule has 1 N–H and O–H groups in total. The van der Waals surface area contributed by atoms with E-state index in [1.165, 1.54) is 18.4 Å². The standard InChI is InChI=1S/C12H17BrN2O/c1-9(12-3-2-4-16-12)15-7-10-5-11(13)8-14-6-10/h5-6,8-9,12,15H,2-4,7H2,1H3. The van der Waals surface area contributed by atoms with Gasteiger partial charge in [-0.2, -0.15) is 0 Å². The summed E-state index contributed by atoms with van der Waals surface area (Å²) in [5.41, 5.74) is 1.19. The van der Waals surface area contributed by atoms with Crippen molar-refractivity contribution in [3.8, 4) is 0 Å². The van der Waals surface area contributed by atoms with E-state index in [0.717, 1.165) is 17.6 Å². The smallest absolute Gasteiger partial charge is 0.0726 e. The van der Waals surface area contributed by atoms with Crippen molar-refractivity contribution in [1.82, 2.24) is 10.3 Å². The van der Waals surface area contributed by atoms with Crippen LogP contribution in [-0.4, -0.2) is 23.7 Å². The quantitative estimate of drug-likeness (QED) is 0.923. The van der Waals surface area contributed by atoms with E-state index in [4.69, 9.17) is 4.74 Å². The third-order valence-corrected chi connectivity index (χ3v) is 3.35. The number of hydrogen-bond donors (Lipinski definition) is 1. The lowest BCUT2D eigenvalue weighted by Gasteiger charge is -2.19. The fraction of sp³-hybridized carbons (Fsp3) is 0.583. The highest BCUT2D eigenvalue weighted by molar-refractivity contribution is 9.10. The molecule has 2 rings (SSSR count). The van der Waals surface area contributed by atoms with Crippen LogP contribution in [0.25, 0.3) is 0 Å². The van der Waals surface area contributed by atoms with Crippen LogP contribution in [0.2, 0.25) is 0 Å². The molecule has 2 atom stereocenters. The molecular formula is C12H17BrN2O. The molecule has 16 heavy (non-hydrogen) atoms. The van der Waals surface area contributed by atoms with Crippen LogP contribution in [0.5, 0.6) is 0 Å². The maximum atomic E-state index is 5.64. The molecular weight excluding hydrogens is 268 g/mol. The molecule has 88 valence electrons. The number of nitrogens with one attached hydrogen (secondary N) is 1. The summed E-state index contributed by atoms with van der Waals surface area (Å²) in [7, 11) is 0. The van der Waals surface area contributed by atoms with Crippen LogP contribution in [0, 0.1) is 0 Å². The minimum atomic E-state index is 0.375. The first-order valence-electron chi connectivity index (χ1n) is 5.70. The Hall–Kier alpha value is -0.450. The molecule has 1 aromatic rings. The van der Waals surface area contributed by atoms with Crippen LogP contribution in [0.1, 0.15) is 25.3 Å². The molecule has 2 unspecified atom stereocenters. The Kier molecular flexibility index (Phi) is 4.32. The molecule has 0 aromatic carbocycles. The van der Waals surface area contributed by atoms with Crippen LogP contribution < -0.4 is 5.32 Å². The van der Waals surface area contributed by atoms with E-state index >= 15 is 0 Å². The van der Waals surface area contributed by atoms with Gasteiger partial charge in [-0.25, -0.2) is 0 Å². The molecule has 1 fully saturated rings. The van der Waals surface area contributed by atoms with E-state index < -0.39 is 0 Å². The van der Waals surface area contributed by atoms with Gasteiger partial charge in [-0.1, -0.05) is 0 Å². The third kappa shape index (κ3) is 3.27. The van der Waals surface area contributed by atoms with Crippen molar-refractivity contribution in [2.24, 2.45) is 0 Å². The number of hydrogen-bond acceptors (Lipinski definition) is 3. The number of pyridine rings is 1. The van der Waals surface area contributed by atoms with Gasteiger partial charge in [0, 0.05) is 36.1 Å². The van der Waals surface area contributed by atoms with Gasteiger partial charge in [-0.3, -0.25) is 4.98 Å². The maximum absolute atomic E-state index is 5.64. The summed E-state index contributed by atoms with van der Waals surface area (Å²) in [6.45, 7) is 3.93. The van der Waals surface area contributed by atoms with Crippen molar-refractivity contribution in [3.63, 3.8) is 0 Å². The second-order valence-corrected chi connectivity index (χ2v) is 5.15. The topological polar surface area (TPSA) is 34.2 Å². The summed E-state index contributed by atoms with van der Waals surface area (Å²) >= 11 is 3.42. The zero-order valence-corrected chi connectivity index (χ0v) is 11.0. The lowest BCUT2D eigenvalue weighted by atomic mass is 10.1. The average Bonchev–Trinajstić information content (AvgIpc) is 2.79. The summed E-state index contributed by atoms with van der Waals surface area (Å²) in [6.07, 6.45) is 6.42. The Labute approximate surface area is 105 Å². The number of ether oxygens (including phenoxy) is 1. The first kappa shape index (κ1) is 12.0. The van der Waals surface area contributed by atoms with E-state index in [9.17, 15) is 0 Å². The van der Waals surface area contributed by atoms with Crippen LogP contribution in [-0.2, 0) is 11.3 Å². The van der Waals surface area contributed by atoms with Gasteiger partial charge >= 0.3 is 0 Å². The molecule has 3 nitrogen and oxygen atoms in total. The maximum Gasteiger partial charge on any atom is 0.0726 e. The first-order valence-corrected chi connectivity index (χ1v) is 6.49. The monoisotopic (exact) mass is 284 g/mol. The van der Waals surface area contributed by atoms with E-state index in [1.54, 1.807) is 6.20 Å². The van der Waals surface area contributed by atoms with Gasteiger partial charge in [0.25, 0.3) is 0 Å². The zero-order chi connectivity index (χ0) is 11.4. The lowest BCUT2D eigenvalue weighted by molar-refractivity contribution is 0.0832. The highest BCUT2D eigenvalue weighted by atomic mass is 79.9. The molecule has 2 heterocycles. The summed E-state index contributed by atoms with van der Waals surface area (Å²) in [5.74, 6) is 0. The van der Waals surface area contributed by atoms with Crippen molar-refractivity contribution in [2.75, 3.05) is 6.61 Å². The fourth-order valence-electron chi connectivity index (χ4n) is 1.96. The minimum Gasteiger partial charge on any atom is -0.377 e. The fourth-order valence-corrected chi connectivity index (χ4v) is 2.37. The number of nitrogens with zero attached hydrogens (tertiary/aromatic N) is 1. The Balaban J connectivity index is 1.82. The molecule has 0 saturated carbocycles. The van der Waals surface area contributed by atoms with Crippen LogP contribution in [0.15, 0.2) is 22.9 Å². The van der Waals surface area contributed by atoms with E-state index in [2.05, 4.69) is 39.2 Å². The number of rotatable bonds is 4. The predicted octanol–water partition coefficient (Wildman–Crippen LogP) is 2.50. The molecule has 0 aliphatic carbocycles. The van der Waals surface area contributed by atoms with E-state index in [0.29, 0.717) is 12.1 Å². The SMILES string of the molecule is CC(NCc1cncc(Br)c1)C1CCCO1. The van der Waals surface area contributed by atoms with Crippen LogP contribution in [0.3, 0.4) is 0 Å². The molecule has 0 spiro atoms. The van der Waals surface area contributed by atoms with Gasteiger partial charge in [0.15, 0.2) is 0 Å². The van der Waals surface area contributed by atoms with Gasteiger partial charge in [0.1, 0.15) is 0 Å². The molecule has 1 aromatic heterocycles. The molecule has 1 aliphatic heterocycles. The zero-order valence-electron chi connectivity index (χ0n) is 9.45. The lowest BCUT2D eigenvalue weighted by Crippen LogP contribution is -2.36. The van der Waals surface area contributed by atoms with E-state index in [-0.39, 0.29) is 0 Å². The van der Waals surface area contributed by atoms with E-state index in [1.807, 2.05) is 6.20 Å². The van der Waals surface area contributed by atoms with Gasteiger partial charge in [-0.15, -0.1) is 0 Å². The van der Waals surface area contributed by atoms with Gasteiger partial charge in [-0.05, 0) is 47.3 Å². The second kappa shape index (κ2) is 5.75. The summed E-state index contributed by atoms with van der Waals surface area (Å²) in [5, 5.41) is 3.48. The molecule has 1 aliphatic rings. The minimum absolute atomic E-state index is 0.375. The van der Waals surface area contributed by atoms with Crippen molar-refractivity contribution >= 4 is 15.9 Å². The Morgan fingerprint density at radius 1 is 1.62 bits per heavy atom. The van der Waals surface area contributed by atoms with Crippen molar-refractivity contribution in [1.29, 1.82) is 0 Å². The highest BCUT2D eigenvalue weighted by Crippen LogP contribution is 2.16. The molecule has 4 heteroatoms. The van der Waals surface area contributed by atoms with Gasteiger partial charge < -0.3 is 10.1 Å². The Morgan fingerprint density at radius 2 is 2.50 bits per heavy atom. The van der Waals surface area contributed by atoms with Crippen molar-refractivity contribution in [2.45, 2.75) is 38.5 Å². The normalized spacial score (nSPS) is 22.2. The van der Waals surface area contributed by atoms with Crippen LogP contribution in [0.4, 0.5) is 0 Å². The Morgan fingerprint density at radius 3 is 3.19 bits per heavy atom. The summed E-state index contributed by atoms with van der Waals surface area (Å²) < 4.78 is 6.66. The molecule has 1 saturated heterocycles. The second-order valence-electron chi connectivity index (χ2n) is 4.23.